The third-order valence-electron chi connectivity index (χ3n) is 5.47. The zero-order chi connectivity index (χ0) is 23.7. The van der Waals surface area contributed by atoms with Crippen LogP contribution in [0.4, 0.5) is 0 Å². The van der Waals surface area contributed by atoms with E-state index in [1.165, 1.54) is 37.4 Å². The number of esters is 1. The van der Waals surface area contributed by atoms with E-state index in [4.69, 9.17) is 9.15 Å². The lowest BCUT2D eigenvalue weighted by Gasteiger charge is -2.23. The second-order valence-electron chi connectivity index (χ2n) is 7.35. The number of carboxylic acid groups (broad SMARTS) is 1. The summed E-state index contributed by atoms with van der Waals surface area (Å²) in [5, 5.41) is 20.4. The number of ketones is 2. The monoisotopic (exact) mass is 446 g/mol. The maximum atomic E-state index is 13.0. The van der Waals surface area contributed by atoms with Crippen LogP contribution in [0.5, 0.6) is 0 Å². The molecule has 166 valence electrons. The Bertz CT molecular complexity index is 1330. The SMILES string of the molecule is COC(=O)C[C@H](C1=C(O)c2ccccc2C(=O)C1=O)c1ccc(-c2ccccc2C(=O)O)o1. The maximum Gasteiger partial charge on any atom is 0.336 e. The van der Waals surface area contributed by atoms with Gasteiger partial charge in [0, 0.05) is 16.7 Å². The van der Waals surface area contributed by atoms with Crippen LogP contribution >= 0.6 is 0 Å². The zero-order valence-electron chi connectivity index (χ0n) is 17.4. The van der Waals surface area contributed by atoms with Crippen molar-refractivity contribution < 1.29 is 38.5 Å². The molecule has 3 aromatic rings. The summed E-state index contributed by atoms with van der Waals surface area (Å²) in [5.41, 5.74) is 0.257. The number of methoxy groups -OCH3 is 1. The van der Waals surface area contributed by atoms with E-state index >= 15 is 0 Å². The fraction of sp³-hybridized carbons (Fsp3) is 0.120. The van der Waals surface area contributed by atoms with E-state index in [-0.39, 0.29) is 40.2 Å². The van der Waals surface area contributed by atoms with Gasteiger partial charge in [-0.2, -0.15) is 0 Å². The molecule has 1 atom stereocenters. The fourth-order valence-electron chi connectivity index (χ4n) is 3.87. The van der Waals surface area contributed by atoms with Crippen LogP contribution in [0.2, 0.25) is 0 Å². The van der Waals surface area contributed by atoms with E-state index < -0.39 is 35.2 Å². The number of fused-ring (bicyclic) bond motifs is 1. The Morgan fingerprint density at radius 1 is 0.909 bits per heavy atom. The van der Waals surface area contributed by atoms with Gasteiger partial charge in [-0.3, -0.25) is 14.4 Å². The molecule has 0 unspecified atom stereocenters. The number of carbonyl (C=O) groups is 4. The summed E-state index contributed by atoms with van der Waals surface area (Å²) in [5.74, 6) is -4.88. The summed E-state index contributed by atoms with van der Waals surface area (Å²) in [6, 6.07) is 15.3. The average Bonchev–Trinajstić information content (AvgIpc) is 3.32. The molecule has 0 aliphatic heterocycles. The minimum Gasteiger partial charge on any atom is -0.507 e. The van der Waals surface area contributed by atoms with Crippen LogP contribution in [-0.2, 0) is 14.3 Å². The van der Waals surface area contributed by atoms with E-state index in [1.807, 2.05) is 0 Å². The maximum absolute atomic E-state index is 13.0. The molecular weight excluding hydrogens is 428 g/mol. The van der Waals surface area contributed by atoms with E-state index in [2.05, 4.69) is 0 Å². The Kier molecular flexibility index (Phi) is 5.66. The van der Waals surface area contributed by atoms with Crippen molar-refractivity contribution in [2.24, 2.45) is 0 Å². The van der Waals surface area contributed by atoms with Crippen molar-refractivity contribution in [2.75, 3.05) is 7.11 Å². The highest BCUT2D eigenvalue weighted by molar-refractivity contribution is 6.52. The van der Waals surface area contributed by atoms with Gasteiger partial charge in [-0.25, -0.2) is 4.79 Å². The summed E-state index contributed by atoms with van der Waals surface area (Å²) in [6.45, 7) is 0. The number of allylic oxidation sites excluding steroid dienone is 1. The minimum absolute atomic E-state index is 0.00262. The first-order valence-electron chi connectivity index (χ1n) is 9.94. The molecular formula is C25H18O8. The molecule has 0 saturated carbocycles. The number of hydrogen-bond acceptors (Lipinski definition) is 7. The largest absolute Gasteiger partial charge is 0.507 e. The first-order valence-corrected chi connectivity index (χ1v) is 9.94. The van der Waals surface area contributed by atoms with E-state index in [0.29, 0.717) is 5.56 Å². The molecule has 0 amide bonds. The Hall–Kier alpha value is -4.46. The van der Waals surface area contributed by atoms with Gasteiger partial charge in [-0.15, -0.1) is 0 Å². The Balaban J connectivity index is 1.86. The summed E-state index contributed by atoms with van der Waals surface area (Å²) in [7, 11) is 1.17. The number of ether oxygens (including phenoxy) is 1. The van der Waals surface area contributed by atoms with Crippen molar-refractivity contribution >= 4 is 29.3 Å². The number of carboxylic acids is 1. The predicted octanol–water partition coefficient (Wildman–Crippen LogP) is 4.03. The second kappa shape index (κ2) is 8.58. The second-order valence-corrected chi connectivity index (χ2v) is 7.35. The van der Waals surface area contributed by atoms with Crippen molar-refractivity contribution in [3.05, 3.63) is 88.7 Å². The molecule has 1 aliphatic carbocycles. The molecule has 2 N–H and O–H groups in total. The van der Waals surface area contributed by atoms with Crippen LogP contribution in [0.3, 0.4) is 0 Å². The number of rotatable bonds is 6. The molecule has 0 saturated heterocycles. The van der Waals surface area contributed by atoms with Crippen LogP contribution in [0, 0.1) is 0 Å². The van der Waals surface area contributed by atoms with Crippen molar-refractivity contribution in [2.45, 2.75) is 12.3 Å². The predicted molar refractivity (Wildman–Crippen MR) is 116 cm³/mol. The third-order valence-corrected chi connectivity index (χ3v) is 5.47. The standard InChI is InChI=1S/C25H18O8/c1-32-20(26)12-17(21-22(27)14-7-3-4-8-15(14)23(28)24(21)29)19-11-10-18(33-19)13-6-2-5-9-16(13)25(30)31/h2-11,17,27H,12H2,1H3,(H,30,31)/t17-/m0/s1. The van der Waals surface area contributed by atoms with E-state index in [9.17, 15) is 29.4 Å². The average molecular weight is 446 g/mol. The smallest absolute Gasteiger partial charge is 0.336 e. The third kappa shape index (κ3) is 3.82. The van der Waals surface area contributed by atoms with Crippen LogP contribution in [0.25, 0.3) is 17.1 Å². The number of Topliss-reactive ketones (excluding diaryl/α,β-unsaturated/α-hetero) is 2. The van der Waals surface area contributed by atoms with Gasteiger partial charge in [-0.1, -0.05) is 42.5 Å². The quantitative estimate of drug-likeness (QED) is 0.429. The molecule has 1 aliphatic rings. The molecule has 2 aromatic carbocycles. The molecule has 0 spiro atoms. The Morgan fingerprint density at radius 2 is 1.55 bits per heavy atom. The number of carbonyl (C=O) groups excluding carboxylic acids is 3. The number of benzene rings is 2. The van der Waals surface area contributed by atoms with Gasteiger partial charge >= 0.3 is 11.9 Å². The van der Waals surface area contributed by atoms with Crippen LogP contribution in [-0.4, -0.2) is 40.8 Å². The van der Waals surface area contributed by atoms with Gasteiger partial charge in [0.1, 0.15) is 17.3 Å². The number of furan rings is 1. The van der Waals surface area contributed by atoms with Crippen molar-refractivity contribution in [3.63, 3.8) is 0 Å². The van der Waals surface area contributed by atoms with Crippen LogP contribution in [0.1, 0.15) is 44.4 Å². The molecule has 0 fully saturated rings. The number of hydrogen-bond donors (Lipinski definition) is 2. The van der Waals surface area contributed by atoms with Gasteiger partial charge < -0.3 is 19.4 Å². The zero-order valence-corrected chi connectivity index (χ0v) is 17.4. The summed E-state index contributed by atoms with van der Waals surface area (Å²) in [6.07, 6.45) is -0.384. The van der Waals surface area contributed by atoms with Gasteiger partial charge in [0.05, 0.1) is 30.6 Å². The van der Waals surface area contributed by atoms with Gasteiger partial charge in [0.15, 0.2) is 0 Å². The molecule has 1 heterocycles. The highest BCUT2D eigenvalue weighted by atomic mass is 16.5. The topological polar surface area (TPSA) is 131 Å². The number of aliphatic hydroxyl groups excluding tert-OH is 1. The lowest BCUT2D eigenvalue weighted by Crippen LogP contribution is -2.28. The first kappa shape index (κ1) is 21.8. The lowest BCUT2D eigenvalue weighted by molar-refractivity contribution is -0.141. The van der Waals surface area contributed by atoms with Gasteiger partial charge in [-0.05, 0) is 18.2 Å². The fourth-order valence-corrected chi connectivity index (χ4v) is 3.87. The van der Waals surface area contributed by atoms with Gasteiger partial charge in [0.25, 0.3) is 0 Å². The molecule has 4 rings (SSSR count). The summed E-state index contributed by atoms with van der Waals surface area (Å²) in [4.78, 5) is 49.4. The highest BCUT2D eigenvalue weighted by Crippen LogP contribution is 2.40. The summed E-state index contributed by atoms with van der Waals surface area (Å²) < 4.78 is 10.6. The molecule has 0 bridgehead atoms. The molecule has 1 aromatic heterocycles. The van der Waals surface area contributed by atoms with Crippen LogP contribution < -0.4 is 0 Å². The normalized spacial score (nSPS) is 14.1. The van der Waals surface area contributed by atoms with E-state index in [0.717, 1.165) is 0 Å². The van der Waals surface area contributed by atoms with Crippen molar-refractivity contribution in [1.82, 2.24) is 0 Å². The molecule has 0 radical (unpaired) electrons. The molecule has 8 nitrogen and oxygen atoms in total. The van der Waals surface area contributed by atoms with Crippen LogP contribution in [0.15, 0.2) is 70.7 Å². The number of aliphatic hydroxyl groups is 1. The molecule has 33 heavy (non-hydrogen) atoms. The minimum atomic E-state index is -1.15. The summed E-state index contributed by atoms with van der Waals surface area (Å²) >= 11 is 0. The number of aromatic carboxylic acids is 1. The van der Waals surface area contributed by atoms with Crippen molar-refractivity contribution in [1.29, 1.82) is 0 Å². The Morgan fingerprint density at radius 3 is 2.21 bits per heavy atom. The van der Waals surface area contributed by atoms with Crippen molar-refractivity contribution in [3.8, 4) is 11.3 Å². The molecule has 8 heteroatoms. The van der Waals surface area contributed by atoms with Gasteiger partial charge in [0.2, 0.25) is 11.6 Å². The highest BCUT2D eigenvalue weighted by Gasteiger charge is 2.39. The lowest BCUT2D eigenvalue weighted by atomic mass is 9.80. The Labute approximate surface area is 187 Å². The first-order chi connectivity index (χ1) is 15.8. The van der Waals surface area contributed by atoms with E-state index in [1.54, 1.807) is 30.3 Å².